The predicted octanol–water partition coefficient (Wildman–Crippen LogP) is 3.83. The van der Waals surface area contributed by atoms with Crippen molar-refractivity contribution in [2.24, 2.45) is 0 Å². The molecule has 1 aliphatic heterocycles. The van der Waals surface area contributed by atoms with Gasteiger partial charge in [0.1, 0.15) is 6.04 Å². The number of ether oxygens (including phenoxy) is 1. The Morgan fingerprint density at radius 2 is 1.64 bits per heavy atom. The van der Waals surface area contributed by atoms with Gasteiger partial charge in [0.2, 0.25) is 5.91 Å². The molecule has 0 bridgehead atoms. The molecule has 1 heterocycles. The lowest BCUT2D eigenvalue weighted by Gasteiger charge is -2.30. The van der Waals surface area contributed by atoms with Gasteiger partial charge in [-0.15, -0.1) is 0 Å². The molecule has 2 rings (SSSR count). The number of nitrogens with one attached hydrogen (secondary N) is 1. The molecule has 1 aromatic carbocycles. The summed E-state index contributed by atoms with van der Waals surface area (Å²) in [5.41, 5.74) is 0.650. The molecule has 28 heavy (non-hydrogen) atoms. The zero-order valence-corrected chi connectivity index (χ0v) is 17.3. The lowest BCUT2D eigenvalue weighted by Crippen LogP contribution is -2.51. The van der Waals surface area contributed by atoms with Gasteiger partial charge in [-0.3, -0.25) is 14.5 Å². The maximum absolute atomic E-state index is 13.0. The minimum atomic E-state index is -0.502. The summed E-state index contributed by atoms with van der Waals surface area (Å²) in [6.45, 7) is 5.71. The largest absolute Gasteiger partial charge is 0.379 e. The van der Waals surface area contributed by atoms with Gasteiger partial charge in [0.05, 0.1) is 13.2 Å². The van der Waals surface area contributed by atoms with Crippen LogP contribution in [0.15, 0.2) is 30.3 Å². The Hall–Kier alpha value is -1.72. The summed E-state index contributed by atoms with van der Waals surface area (Å²) in [5, 5.41) is 3.00. The fraction of sp³-hybridized carbons (Fsp3) is 0.652. The molecule has 1 amide bonds. The molecule has 0 saturated carbocycles. The molecule has 1 fully saturated rings. The van der Waals surface area contributed by atoms with E-state index in [-0.39, 0.29) is 11.7 Å². The number of morpholine rings is 1. The molecule has 0 aromatic heterocycles. The maximum atomic E-state index is 13.0. The zero-order chi connectivity index (χ0) is 20.0. The Morgan fingerprint density at radius 3 is 2.32 bits per heavy atom. The Kier molecular flexibility index (Phi) is 10.8. The molecule has 1 aliphatic rings. The fourth-order valence-corrected chi connectivity index (χ4v) is 3.55. The van der Waals surface area contributed by atoms with Gasteiger partial charge in [-0.1, -0.05) is 75.8 Å². The second-order valence-electron chi connectivity index (χ2n) is 7.63. The van der Waals surface area contributed by atoms with Crippen LogP contribution in [0.25, 0.3) is 0 Å². The molecule has 5 nitrogen and oxygen atoms in total. The van der Waals surface area contributed by atoms with Crippen LogP contribution in [0.5, 0.6) is 0 Å². The molecule has 1 aromatic rings. The number of carbonyl (C=O) groups excluding carboxylic acids is 2. The van der Waals surface area contributed by atoms with E-state index in [0.717, 1.165) is 25.9 Å². The molecule has 0 radical (unpaired) electrons. The van der Waals surface area contributed by atoms with Crippen molar-refractivity contribution in [1.29, 1.82) is 0 Å². The van der Waals surface area contributed by atoms with Crippen molar-refractivity contribution >= 4 is 11.7 Å². The average molecular weight is 389 g/mol. The van der Waals surface area contributed by atoms with E-state index in [4.69, 9.17) is 4.74 Å². The van der Waals surface area contributed by atoms with Crippen LogP contribution in [0.3, 0.4) is 0 Å². The van der Waals surface area contributed by atoms with Gasteiger partial charge in [0.15, 0.2) is 5.78 Å². The van der Waals surface area contributed by atoms with Gasteiger partial charge in [-0.05, 0) is 6.42 Å². The molecule has 0 aliphatic carbocycles. The van der Waals surface area contributed by atoms with Crippen LogP contribution in [0.1, 0.15) is 68.6 Å². The van der Waals surface area contributed by atoms with E-state index in [2.05, 4.69) is 17.1 Å². The van der Waals surface area contributed by atoms with Crippen molar-refractivity contribution in [3.05, 3.63) is 35.9 Å². The summed E-state index contributed by atoms with van der Waals surface area (Å²) in [5.74, 6) is -0.0314. The topological polar surface area (TPSA) is 58.6 Å². The highest BCUT2D eigenvalue weighted by molar-refractivity contribution is 6.02. The highest BCUT2D eigenvalue weighted by atomic mass is 16.5. The fourth-order valence-electron chi connectivity index (χ4n) is 3.55. The van der Waals surface area contributed by atoms with Crippen LogP contribution in [0.2, 0.25) is 0 Å². The van der Waals surface area contributed by atoms with Crippen molar-refractivity contribution in [3.8, 4) is 0 Å². The van der Waals surface area contributed by atoms with Gasteiger partial charge in [-0.2, -0.15) is 0 Å². The van der Waals surface area contributed by atoms with E-state index in [1.54, 1.807) is 0 Å². The highest BCUT2D eigenvalue weighted by Crippen LogP contribution is 2.10. The number of benzene rings is 1. The van der Waals surface area contributed by atoms with Crippen LogP contribution in [0.4, 0.5) is 0 Å². The highest BCUT2D eigenvalue weighted by Gasteiger charge is 2.25. The van der Waals surface area contributed by atoms with E-state index in [9.17, 15) is 9.59 Å². The van der Waals surface area contributed by atoms with Gasteiger partial charge < -0.3 is 10.1 Å². The van der Waals surface area contributed by atoms with Crippen molar-refractivity contribution in [2.45, 2.75) is 64.3 Å². The maximum Gasteiger partial charge on any atom is 0.220 e. The number of hydrogen-bond donors (Lipinski definition) is 1. The van der Waals surface area contributed by atoms with E-state index in [0.29, 0.717) is 31.7 Å². The lowest BCUT2D eigenvalue weighted by atomic mass is 10.0. The Labute approximate surface area is 169 Å². The molecule has 1 unspecified atom stereocenters. The number of amides is 1. The number of Topliss-reactive ketones (excluding diaryl/α,β-unsaturated/α-hetero) is 1. The quantitative estimate of drug-likeness (QED) is 0.412. The first-order chi connectivity index (χ1) is 13.7. The Balaban J connectivity index is 1.82. The SMILES string of the molecule is CCCCCCCCCC(=O)NC(CN1CCOCC1)C(=O)c1ccccc1. The zero-order valence-electron chi connectivity index (χ0n) is 17.3. The average Bonchev–Trinajstić information content (AvgIpc) is 2.73. The van der Waals surface area contributed by atoms with Crippen molar-refractivity contribution in [3.63, 3.8) is 0 Å². The third-order valence-electron chi connectivity index (χ3n) is 5.26. The number of hydrogen-bond acceptors (Lipinski definition) is 4. The Bertz CT molecular complexity index is 570. The third-order valence-corrected chi connectivity index (χ3v) is 5.26. The van der Waals surface area contributed by atoms with E-state index >= 15 is 0 Å². The standard InChI is InChI=1S/C23H36N2O3/c1-2-3-4-5-6-7-11-14-22(26)24-21(19-25-15-17-28-18-16-25)23(27)20-12-9-8-10-13-20/h8-10,12-13,21H,2-7,11,14-19H2,1H3,(H,24,26). The van der Waals surface area contributed by atoms with Crippen LogP contribution in [0, 0.1) is 0 Å². The lowest BCUT2D eigenvalue weighted by molar-refractivity contribution is -0.121. The third kappa shape index (κ3) is 8.53. The molecular weight excluding hydrogens is 352 g/mol. The number of nitrogens with zero attached hydrogens (tertiary/aromatic N) is 1. The van der Waals surface area contributed by atoms with E-state index in [1.807, 2.05) is 30.3 Å². The molecule has 0 spiro atoms. The molecule has 1 atom stereocenters. The predicted molar refractivity (Wildman–Crippen MR) is 113 cm³/mol. The second-order valence-corrected chi connectivity index (χ2v) is 7.63. The van der Waals surface area contributed by atoms with Crippen molar-refractivity contribution in [2.75, 3.05) is 32.8 Å². The number of unbranched alkanes of at least 4 members (excludes halogenated alkanes) is 6. The van der Waals surface area contributed by atoms with Crippen molar-refractivity contribution < 1.29 is 14.3 Å². The smallest absolute Gasteiger partial charge is 0.220 e. The molecular formula is C23H36N2O3. The van der Waals surface area contributed by atoms with Gasteiger partial charge in [0, 0.05) is 31.6 Å². The van der Waals surface area contributed by atoms with Gasteiger partial charge in [0.25, 0.3) is 0 Å². The summed E-state index contributed by atoms with van der Waals surface area (Å²) in [6, 6.07) is 8.75. The van der Waals surface area contributed by atoms with Gasteiger partial charge in [-0.25, -0.2) is 0 Å². The minimum Gasteiger partial charge on any atom is -0.379 e. The molecule has 1 N–H and O–H groups in total. The summed E-state index contributed by atoms with van der Waals surface area (Å²) < 4.78 is 5.39. The number of carbonyl (C=O) groups is 2. The minimum absolute atomic E-state index is 0.0139. The summed E-state index contributed by atoms with van der Waals surface area (Å²) in [6.07, 6.45) is 8.74. The van der Waals surface area contributed by atoms with E-state index in [1.165, 1.54) is 32.1 Å². The molecule has 1 saturated heterocycles. The summed E-state index contributed by atoms with van der Waals surface area (Å²) >= 11 is 0. The molecule has 5 heteroatoms. The number of ketones is 1. The normalized spacial score (nSPS) is 15.9. The van der Waals surface area contributed by atoms with E-state index < -0.39 is 6.04 Å². The van der Waals surface area contributed by atoms with Gasteiger partial charge >= 0.3 is 0 Å². The molecule has 156 valence electrons. The van der Waals surface area contributed by atoms with Crippen LogP contribution >= 0.6 is 0 Å². The van der Waals surface area contributed by atoms with Crippen LogP contribution in [-0.2, 0) is 9.53 Å². The first kappa shape index (κ1) is 22.6. The first-order valence-electron chi connectivity index (χ1n) is 10.9. The Morgan fingerprint density at radius 1 is 1.00 bits per heavy atom. The first-order valence-corrected chi connectivity index (χ1v) is 10.9. The summed E-state index contributed by atoms with van der Waals surface area (Å²) in [4.78, 5) is 27.6. The number of rotatable bonds is 13. The summed E-state index contributed by atoms with van der Waals surface area (Å²) in [7, 11) is 0. The monoisotopic (exact) mass is 388 g/mol. The van der Waals surface area contributed by atoms with Crippen LogP contribution in [-0.4, -0.2) is 55.5 Å². The second kappa shape index (κ2) is 13.5. The van der Waals surface area contributed by atoms with Crippen molar-refractivity contribution in [1.82, 2.24) is 10.2 Å². The van der Waals surface area contributed by atoms with Crippen LogP contribution < -0.4 is 5.32 Å².